The summed E-state index contributed by atoms with van der Waals surface area (Å²) in [4.78, 5) is 17.0. The fourth-order valence-electron chi connectivity index (χ4n) is 3.25. The topological polar surface area (TPSA) is 23.6 Å². The molecule has 2 aliphatic heterocycles. The van der Waals surface area contributed by atoms with Crippen LogP contribution in [0.5, 0.6) is 0 Å². The van der Waals surface area contributed by atoms with Crippen LogP contribution in [0.1, 0.15) is 18.4 Å². The molecule has 0 aromatic heterocycles. The molecule has 1 aromatic rings. The lowest BCUT2D eigenvalue weighted by Crippen LogP contribution is -2.45. The van der Waals surface area contributed by atoms with E-state index in [1.165, 1.54) is 5.56 Å². The Kier molecular flexibility index (Phi) is 5.66. The minimum atomic E-state index is 0.227. The Morgan fingerprint density at radius 2 is 1.82 bits per heavy atom. The number of benzene rings is 1. The third-order valence-corrected chi connectivity index (χ3v) is 5.92. The highest BCUT2D eigenvalue weighted by Crippen LogP contribution is 2.24. The highest BCUT2D eigenvalue weighted by molar-refractivity contribution is 7.99. The van der Waals surface area contributed by atoms with E-state index in [4.69, 9.17) is 11.6 Å². The lowest BCUT2D eigenvalue weighted by molar-refractivity contribution is -0.136. The lowest BCUT2D eigenvalue weighted by Gasteiger charge is -2.35. The number of piperidine rings is 1. The number of carbonyl (C=O) groups is 1. The summed E-state index contributed by atoms with van der Waals surface area (Å²) in [5, 5.41) is 0.839. The van der Waals surface area contributed by atoms with Crippen LogP contribution >= 0.6 is 23.4 Å². The molecule has 22 heavy (non-hydrogen) atoms. The zero-order valence-electron chi connectivity index (χ0n) is 12.8. The lowest BCUT2D eigenvalue weighted by atomic mass is 9.95. The van der Waals surface area contributed by atoms with Crippen LogP contribution in [0.15, 0.2) is 24.3 Å². The van der Waals surface area contributed by atoms with Gasteiger partial charge in [-0.05, 0) is 37.6 Å². The molecule has 0 spiro atoms. The van der Waals surface area contributed by atoms with Crippen molar-refractivity contribution in [3.05, 3.63) is 34.9 Å². The maximum absolute atomic E-state index is 12.5. The summed E-state index contributed by atoms with van der Waals surface area (Å²) in [6.45, 7) is 4.74. The molecule has 3 rings (SSSR count). The van der Waals surface area contributed by atoms with Crippen molar-refractivity contribution in [1.82, 2.24) is 9.80 Å². The quantitative estimate of drug-likeness (QED) is 0.846. The van der Waals surface area contributed by atoms with Crippen molar-refractivity contribution in [3.8, 4) is 0 Å². The number of halogens is 1. The summed E-state index contributed by atoms with van der Waals surface area (Å²) < 4.78 is 0. The van der Waals surface area contributed by atoms with Gasteiger partial charge in [0.05, 0.1) is 0 Å². The Bertz CT molecular complexity index is 511. The van der Waals surface area contributed by atoms with Crippen LogP contribution in [-0.4, -0.2) is 53.4 Å². The monoisotopic (exact) mass is 338 g/mol. The van der Waals surface area contributed by atoms with E-state index < -0.39 is 0 Å². The third-order valence-electron chi connectivity index (χ3n) is 4.61. The van der Waals surface area contributed by atoms with Gasteiger partial charge in [0, 0.05) is 42.1 Å². The van der Waals surface area contributed by atoms with E-state index in [2.05, 4.69) is 15.9 Å². The Hall–Kier alpha value is -0.710. The molecule has 2 heterocycles. The average molecular weight is 339 g/mol. The second kappa shape index (κ2) is 7.71. The SMILES string of the molecule is O=C(C1CCN(Cc2ccccc2Cl)CC1)N1CCSCC1. The smallest absolute Gasteiger partial charge is 0.225 e. The van der Waals surface area contributed by atoms with Crippen LogP contribution in [0.2, 0.25) is 5.02 Å². The molecule has 0 saturated carbocycles. The molecule has 120 valence electrons. The van der Waals surface area contributed by atoms with Gasteiger partial charge in [-0.2, -0.15) is 11.8 Å². The van der Waals surface area contributed by atoms with Gasteiger partial charge < -0.3 is 4.90 Å². The molecular formula is C17H23ClN2OS. The van der Waals surface area contributed by atoms with Gasteiger partial charge in [0.2, 0.25) is 5.91 Å². The molecule has 0 atom stereocenters. The number of nitrogens with zero attached hydrogens (tertiary/aromatic N) is 2. The maximum Gasteiger partial charge on any atom is 0.225 e. The maximum atomic E-state index is 12.5. The first-order chi connectivity index (χ1) is 10.7. The molecule has 0 aliphatic carbocycles. The Balaban J connectivity index is 1.50. The average Bonchev–Trinajstić information content (AvgIpc) is 2.58. The van der Waals surface area contributed by atoms with E-state index in [1.54, 1.807) is 0 Å². The van der Waals surface area contributed by atoms with Gasteiger partial charge in [0.25, 0.3) is 0 Å². The molecule has 0 radical (unpaired) electrons. The molecule has 3 nitrogen and oxygen atoms in total. The molecule has 0 bridgehead atoms. The second-order valence-corrected chi connectivity index (χ2v) is 7.71. The van der Waals surface area contributed by atoms with Crippen LogP contribution in [0.25, 0.3) is 0 Å². The number of thioether (sulfide) groups is 1. The molecule has 2 fully saturated rings. The molecule has 2 saturated heterocycles. The minimum absolute atomic E-state index is 0.227. The number of likely N-dealkylation sites (tertiary alicyclic amines) is 1. The molecule has 5 heteroatoms. The number of hydrogen-bond acceptors (Lipinski definition) is 3. The number of carbonyl (C=O) groups excluding carboxylic acids is 1. The highest BCUT2D eigenvalue weighted by Gasteiger charge is 2.29. The molecular weight excluding hydrogens is 316 g/mol. The van der Waals surface area contributed by atoms with Gasteiger partial charge in [-0.3, -0.25) is 9.69 Å². The van der Waals surface area contributed by atoms with Gasteiger partial charge >= 0.3 is 0 Å². The first-order valence-electron chi connectivity index (χ1n) is 8.06. The zero-order valence-corrected chi connectivity index (χ0v) is 14.4. The summed E-state index contributed by atoms with van der Waals surface area (Å²) in [6, 6.07) is 8.03. The van der Waals surface area contributed by atoms with Crippen LogP contribution in [0.3, 0.4) is 0 Å². The van der Waals surface area contributed by atoms with Gasteiger partial charge in [-0.15, -0.1) is 0 Å². The third kappa shape index (κ3) is 3.98. The standard InChI is InChI=1S/C17H23ClN2OS/c18-16-4-2-1-3-15(16)13-19-7-5-14(6-8-19)17(21)20-9-11-22-12-10-20/h1-4,14H,5-13H2. The molecule has 1 aromatic carbocycles. The summed E-state index contributed by atoms with van der Waals surface area (Å²) in [5.74, 6) is 2.80. The van der Waals surface area contributed by atoms with Crippen molar-refractivity contribution in [1.29, 1.82) is 0 Å². The van der Waals surface area contributed by atoms with Crippen molar-refractivity contribution in [2.24, 2.45) is 5.92 Å². The van der Waals surface area contributed by atoms with E-state index in [0.29, 0.717) is 5.91 Å². The summed E-state index contributed by atoms with van der Waals surface area (Å²) in [7, 11) is 0. The van der Waals surface area contributed by atoms with E-state index in [0.717, 1.165) is 62.1 Å². The van der Waals surface area contributed by atoms with Crippen LogP contribution < -0.4 is 0 Å². The molecule has 1 amide bonds. The van der Waals surface area contributed by atoms with Crippen molar-refractivity contribution in [2.75, 3.05) is 37.7 Å². The first kappa shape index (κ1) is 16.2. The first-order valence-corrected chi connectivity index (χ1v) is 9.59. The van der Waals surface area contributed by atoms with E-state index in [-0.39, 0.29) is 5.92 Å². The Morgan fingerprint density at radius 3 is 2.50 bits per heavy atom. The van der Waals surface area contributed by atoms with Crippen molar-refractivity contribution < 1.29 is 4.79 Å². The van der Waals surface area contributed by atoms with Gasteiger partial charge in [0.15, 0.2) is 0 Å². The van der Waals surface area contributed by atoms with Gasteiger partial charge in [0.1, 0.15) is 0 Å². The normalized spacial score (nSPS) is 21.0. The van der Waals surface area contributed by atoms with E-state index in [9.17, 15) is 4.79 Å². The van der Waals surface area contributed by atoms with Crippen molar-refractivity contribution in [2.45, 2.75) is 19.4 Å². The van der Waals surface area contributed by atoms with Crippen LogP contribution in [-0.2, 0) is 11.3 Å². The Labute approximate surface area is 142 Å². The van der Waals surface area contributed by atoms with Crippen molar-refractivity contribution in [3.63, 3.8) is 0 Å². The molecule has 0 N–H and O–H groups in total. The van der Waals surface area contributed by atoms with Gasteiger partial charge in [-0.25, -0.2) is 0 Å². The number of hydrogen-bond donors (Lipinski definition) is 0. The Morgan fingerprint density at radius 1 is 1.14 bits per heavy atom. The highest BCUT2D eigenvalue weighted by atomic mass is 35.5. The fourth-order valence-corrected chi connectivity index (χ4v) is 4.35. The largest absolute Gasteiger partial charge is 0.341 e. The van der Waals surface area contributed by atoms with Crippen LogP contribution in [0.4, 0.5) is 0 Å². The molecule has 0 unspecified atom stereocenters. The predicted octanol–water partition coefficient (Wildman–Crippen LogP) is 3.13. The summed E-state index contributed by atoms with van der Waals surface area (Å²) >= 11 is 8.19. The van der Waals surface area contributed by atoms with Gasteiger partial charge in [-0.1, -0.05) is 29.8 Å². The van der Waals surface area contributed by atoms with E-state index >= 15 is 0 Å². The summed E-state index contributed by atoms with van der Waals surface area (Å²) in [5.41, 5.74) is 1.18. The fraction of sp³-hybridized carbons (Fsp3) is 0.588. The molecule has 2 aliphatic rings. The van der Waals surface area contributed by atoms with Crippen LogP contribution in [0, 0.1) is 5.92 Å². The second-order valence-electron chi connectivity index (χ2n) is 6.08. The number of rotatable bonds is 3. The van der Waals surface area contributed by atoms with E-state index in [1.807, 2.05) is 30.0 Å². The predicted molar refractivity (Wildman–Crippen MR) is 93.4 cm³/mol. The number of amides is 1. The minimum Gasteiger partial charge on any atom is -0.341 e. The van der Waals surface area contributed by atoms with Crippen molar-refractivity contribution >= 4 is 29.3 Å². The zero-order chi connectivity index (χ0) is 15.4. The summed E-state index contributed by atoms with van der Waals surface area (Å²) in [6.07, 6.45) is 1.96.